The van der Waals surface area contributed by atoms with Gasteiger partial charge in [0.2, 0.25) is 0 Å². The highest BCUT2D eigenvalue weighted by atomic mass is 32.1. The van der Waals surface area contributed by atoms with Gasteiger partial charge in [-0.2, -0.15) is 0 Å². The summed E-state index contributed by atoms with van der Waals surface area (Å²) in [4.78, 5) is 5.32. The molecule has 0 spiro atoms. The first-order valence-corrected chi connectivity index (χ1v) is 8.81. The molecule has 0 atom stereocenters. The zero-order valence-electron chi connectivity index (χ0n) is 14.8. The Hall–Kier alpha value is -2.23. The van der Waals surface area contributed by atoms with Gasteiger partial charge in [-0.25, -0.2) is 9.41 Å². The molecule has 0 saturated carbocycles. The first-order valence-electron chi connectivity index (χ1n) is 7.99. The van der Waals surface area contributed by atoms with Crippen molar-refractivity contribution in [3.05, 3.63) is 65.8 Å². The molecule has 0 saturated heterocycles. The quantitative estimate of drug-likeness (QED) is 0.344. The van der Waals surface area contributed by atoms with Crippen LogP contribution in [0.15, 0.2) is 48.8 Å². The van der Waals surface area contributed by atoms with Crippen LogP contribution in [0.3, 0.4) is 0 Å². The zero-order chi connectivity index (χ0) is 18.7. The van der Waals surface area contributed by atoms with E-state index in [1.54, 1.807) is 7.11 Å². The van der Waals surface area contributed by atoms with E-state index in [1.807, 2.05) is 72.1 Å². The molecule has 0 unspecified atom stereocenters. The fourth-order valence-corrected chi connectivity index (χ4v) is 2.57. The highest BCUT2D eigenvalue weighted by Gasteiger charge is 2.03. The molecule has 132 valence electrons. The molecule has 1 heterocycles. The van der Waals surface area contributed by atoms with Crippen LogP contribution in [0.1, 0.15) is 19.4 Å². The molecule has 4 nitrogen and oxygen atoms in total. The number of methoxy groups -OCH3 is 1. The molecule has 1 aromatic heterocycles. The summed E-state index contributed by atoms with van der Waals surface area (Å²) in [5.74, 6) is 0.863. The van der Waals surface area contributed by atoms with Crippen LogP contribution in [0.5, 0.6) is 5.75 Å². The van der Waals surface area contributed by atoms with E-state index < -0.39 is 0 Å². The number of thiocarbonyl (C=S) groups is 1. The van der Waals surface area contributed by atoms with Crippen molar-refractivity contribution < 1.29 is 9.30 Å². The molecule has 0 fully saturated rings. The van der Waals surface area contributed by atoms with Crippen LogP contribution in [-0.4, -0.2) is 29.4 Å². The predicted octanol–water partition coefficient (Wildman–Crippen LogP) is 3.74. The molecule has 2 rings (SSSR count). The maximum atomic E-state index is 6.88. The molecule has 0 radical (unpaired) electrons. The van der Waals surface area contributed by atoms with Gasteiger partial charge in [-0.3, -0.25) is 0 Å². The third kappa shape index (κ3) is 7.46. The van der Waals surface area contributed by atoms with E-state index in [1.165, 1.54) is 5.56 Å². The second-order valence-electron chi connectivity index (χ2n) is 5.13. The summed E-state index contributed by atoms with van der Waals surface area (Å²) in [7, 11) is 1.66. The molecule has 1 aromatic carbocycles. The molecular formula is C19H23N3OS2. The lowest BCUT2D eigenvalue weighted by atomic mass is 10.2. The first-order chi connectivity index (χ1) is 12.0. The van der Waals surface area contributed by atoms with Crippen molar-refractivity contribution in [2.75, 3.05) is 20.2 Å². The zero-order valence-corrected chi connectivity index (χ0v) is 16.4. The Labute approximate surface area is 161 Å². The fraction of sp³-hybridized carbons (Fsp3) is 0.316. The normalized spacial score (nSPS) is 9.36. The molecule has 6 heteroatoms. The van der Waals surface area contributed by atoms with Crippen LogP contribution in [0.2, 0.25) is 0 Å². The van der Waals surface area contributed by atoms with E-state index in [9.17, 15) is 0 Å². The Balaban J connectivity index is 0.000000333. The number of nitrogens with zero attached hydrogens (tertiary/aromatic N) is 3. The van der Waals surface area contributed by atoms with E-state index in [2.05, 4.69) is 4.85 Å². The number of ether oxygens (including phenoxy) is 1. The van der Waals surface area contributed by atoms with E-state index in [4.69, 9.17) is 36.2 Å². The molecule has 0 aliphatic heterocycles. The Bertz CT molecular complexity index is 690. The second-order valence-corrected chi connectivity index (χ2v) is 6.16. The molecule has 0 aliphatic rings. The Morgan fingerprint density at radius 1 is 1.16 bits per heavy atom. The van der Waals surface area contributed by atoms with Crippen molar-refractivity contribution in [3.63, 3.8) is 0 Å². The van der Waals surface area contributed by atoms with Gasteiger partial charge in [-0.15, -0.1) is 0 Å². The molecule has 0 aliphatic carbocycles. The third-order valence-corrected chi connectivity index (χ3v) is 4.06. The smallest absolute Gasteiger partial charge is 0.198 e. The molecule has 0 amide bonds. The van der Waals surface area contributed by atoms with E-state index in [0.29, 0.717) is 10.0 Å². The molecule has 0 bridgehead atoms. The van der Waals surface area contributed by atoms with Gasteiger partial charge in [0, 0.05) is 30.8 Å². The molecule has 25 heavy (non-hydrogen) atoms. The van der Waals surface area contributed by atoms with E-state index >= 15 is 0 Å². The second kappa shape index (κ2) is 11.3. The molecule has 0 N–H and O–H groups in total. The van der Waals surface area contributed by atoms with Crippen LogP contribution >= 0.6 is 12.2 Å². The standard InChI is InChI=1S/C14H13N2O.C5H11NS2/c1-15-13-7-9-16(10-8-13)11-12-3-5-14(17-2)6-4-12;1-3-6(4-2)5(7)8/h3-10H,11H2,2H3;3-4H2,1-2H3,(H,7,8)/q+1;/p-1. The number of hydrogen-bond donors (Lipinski definition) is 0. The van der Waals surface area contributed by atoms with Crippen LogP contribution < -0.4 is 9.30 Å². The predicted molar refractivity (Wildman–Crippen MR) is 108 cm³/mol. The summed E-state index contributed by atoms with van der Waals surface area (Å²) in [5, 5.41) is 0. The van der Waals surface area contributed by atoms with Crippen LogP contribution in [0.4, 0.5) is 5.69 Å². The topological polar surface area (TPSA) is 20.7 Å². The van der Waals surface area contributed by atoms with Gasteiger partial charge in [-0.1, -0.05) is 4.32 Å². The van der Waals surface area contributed by atoms with Crippen LogP contribution in [-0.2, 0) is 19.2 Å². The van der Waals surface area contributed by atoms with Gasteiger partial charge in [0.1, 0.15) is 5.75 Å². The van der Waals surface area contributed by atoms with Crippen molar-refractivity contribution in [3.8, 4) is 5.75 Å². The Morgan fingerprint density at radius 2 is 1.72 bits per heavy atom. The van der Waals surface area contributed by atoms with Crippen molar-refractivity contribution in [1.82, 2.24) is 4.90 Å². The van der Waals surface area contributed by atoms with Gasteiger partial charge in [0.15, 0.2) is 24.6 Å². The van der Waals surface area contributed by atoms with E-state index in [-0.39, 0.29) is 0 Å². The minimum Gasteiger partial charge on any atom is -0.497 e. The van der Waals surface area contributed by atoms with Crippen molar-refractivity contribution in [2.45, 2.75) is 20.4 Å². The first kappa shape index (κ1) is 20.8. The van der Waals surface area contributed by atoms with Gasteiger partial charge in [0.25, 0.3) is 0 Å². The molecule has 2 aromatic rings. The number of pyridine rings is 1. The number of hydrogen-bond acceptors (Lipinski definition) is 3. The highest BCUT2D eigenvalue weighted by molar-refractivity contribution is 8.00. The summed E-state index contributed by atoms with van der Waals surface area (Å²) in [5.41, 5.74) is 1.86. The molecular weight excluding hydrogens is 350 g/mol. The van der Waals surface area contributed by atoms with Crippen LogP contribution in [0.25, 0.3) is 4.85 Å². The minimum absolute atomic E-state index is 0.579. The summed E-state index contributed by atoms with van der Waals surface area (Å²) in [6.45, 7) is 13.6. The van der Waals surface area contributed by atoms with Crippen LogP contribution in [0, 0.1) is 6.57 Å². The van der Waals surface area contributed by atoms with Crippen molar-refractivity contribution >= 4 is 34.9 Å². The Morgan fingerprint density at radius 3 is 2.08 bits per heavy atom. The van der Waals surface area contributed by atoms with Crippen molar-refractivity contribution in [1.29, 1.82) is 0 Å². The van der Waals surface area contributed by atoms with Crippen molar-refractivity contribution in [2.24, 2.45) is 0 Å². The Kier molecular flexibility index (Phi) is 9.45. The van der Waals surface area contributed by atoms with Gasteiger partial charge in [-0.05, 0) is 38.1 Å². The lowest BCUT2D eigenvalue weighted by Gasteiger charge is -2.24. The largest absolute Gasteiger partial charge is 0.497 e. The number of aromatic nitrogens is 1. The number of rotatable bonds is 5. The summed E-state index contributed by atoms with van der Waals surface area (Å²) in [6.07, 6.45) is 3.83. The minimum atomic E-state index is 0.579. The van der Waals surface area contributed by atoms with E-state index in [0.717, 1.165) is 25.4 Å². The van der Waals surface area contributed by atoms with Gasteiger partial charge in [0.05, 0.1) is 13.7 Å². The lowest BCUT2D eigenvalue weighted by molar-refractivity contribution is -0.688. The summed E-state index contributed by atoms with van der Waals surface area (Å²) >= 11 is 9.51. The van der Waals surface area contributed by atoms with Gasteiger partial charge >= 0.3 is 0 Å². The summed E-state index contributed by atoms with van der Waals surface area (Å²) in [6, 6.07) is 11.6. The SMILES string of the molecule is CCN(CC)C(=S)[S-].[C-]#[N+]c1cc[n+](Cc2ccc(OC)cc2)cc1. The lowest BCUT2D eigenvalue weighted by Crippen LogP contribution is -2.32. The van der Waals surface area contributed by atoms with Gasteiger partial charge < -0.3 is 34.5 Å². The number of benzene rings is 1. The highest BCUT2D eigenvalue weighted by Crippen LogP contribution is 2.11. The average Bonchev–Trinajstić information content (AvgIpc) is 2.64. The monoisotopic (exact) mass is 373 g/mol. The maximum Gasteiger partial charge on any atom is 0.198 e. The maximum absolute atomic E-state index is 6.88. The average molecular weight is 374 g/mol. The fourth-order valence-electron chi connectivity index (χ4n) is 2.05. The summed E-state index contributed by atoms with van der Waals surface area (Å²) < 4.78 is 7.73. The third-order valence-electron chi connectivity index (χ3n) is 3.55.